The van der Waals surface area contributed by atoms with Gasteiger partial charge in [-0.25, -0.2) is 9.59 Å². The highest BCUT2D eigenvalue weighted by molar-refractivity contribution is 5.82. The van der Waals surface area contributed by atoms with Gasteiger partial charge in [-0.05, 0) is 53.4 Å². The number of alkyl carbamates (subject to hydrolysis) is 1. The fraction of sp³-hybridized carbons (Fsp3) is 0.417. The number of hydrogen-bond acceptors (Lipinski definition) is 3. The van der Waals surface area contributed by atoms with Crippen LogP contribution >= 0.6 is 0 Å². The largest absolute Gasteiger partial charge is 0.480 e. The third kappa shape index (κ3) is 2.81. The molecule has 2 aromatic carbocycles. The zero-order valence-corrected chi connectivity index (χ0v) is 16.6. The molecule has 4 aliphatic carbocycles. The number of carbonyl (C=O) groups excluding carboxylic acids is 1. The molecule has 2 aromatic rings. The lowest BCUT2D eigenvalue weighted by Crippen LogP contribution is -2.71. The molecule has 0 aliphatic heterocycles. The third-order valence-corrected chi connectivity index (χ3v) is 7.27. The van der Waals surface area contributed by atoms with E-state index in [1.165, 1.54) is 0 Å². The molecule has 1 unspecified atom stereocenters. The van der Waals surface area contributed by atoms with Gasteiger partial charge in [0.05, 0.1) is 6.67 Å². The van der Waals surface area contributed by atoms with Gasteiger partial charge in [-0.1, -0.05) is 48.5 Å². The lowest BCUT2D eigenvalue weighted by molar-refractivity contribution is -0.228. The molecule has 0 saturated heterocycles. The number of fused-ring (bicyclic) bond motifs is 3. The number of alkyl halides is 1. The van der Waals surface area contributed by atoms with Gasteiger partial charge < -0.3 is 15.2 Å². The molecule has 1 atom stereocenters. The summed E-state index contributed by atoms with van der Waals surface area (Å²) >= 11 is 0. The molecule has 2 N–H and O–H groups in total. The Morgan fingerprint density at radius 1 is 1.07 bits per heavy atom. The Hall–Kier alpha value is -2.89. The standard InChI is InChI=1S/C24H24FNO4/c25-10-9-23-12-24(13-23,14-23)20(21(27)28)26-22(29)30-11-19-17-7-3-1-5-15(17)16-6-2-4-8-18(16)19/h1-8,19-20H,9-14H2,(H,26,29)(H,27,28). The van der Waals surface area contributed by atoms with E-state index in [0.717, 1.165) is 22.3 Å². The second kappa shape index (κ2) is 6.83. The van der Waals surface area contributed by atoms with Gasteiger partial charge >= 0.3 is 12.1 Å². The zero-order chi connectivity index (χ0) is 20.9. The summed E-state index contributed by atoms with van der Waals surface area (Å²) < 4.78 is 18.2. The summed E-state index contributed by atoms with van der Waals surface area (Å²) in [6.45, 7) is -0.237. The van der Waals surface area contributed by atoms with Crippen molar-refractivity contribution in [3.63, 3.8) is 0 Å². The van der Waals surface area contributed by atoms with Crippen LogP contribution in [0.15, 0.2) is 48.5 Å². The van der Waals surface area contributed by atoms with Crippen molar-refractivity contribution in [3.05, 3.63) is 59.7 Å². The smallest absolute Gasteiger partial charge is 0.407 e. The van der Waals surface area contributed by atoms with E-state index >= 15 is 0 Å². The number of halogens is 1. The average Bonchev–Trinajstić information content (AvgIpc) is 3.00. The minimum atomic E-state index is -1.06. The van der Waals surface area contributed by atoms with Crippen LogP contribution in [0.1, 0.15) is 42.7 Å². The molecule has 1 amide bonds. The first kappa shape index (κ1) is 19.1. The molecule has 6 rings (SSSR count). The van der Waals surface area contributed by atoms with E-state index in [2.05, 4.69) is 17.4 Å². The highest BCUT2D eigenvalue weighted by Gasteiger charge is 2.71. The summed E-state index contributed by atoms with van der Waals surface area (Å²) in [5.74, 6) is -1.13. The first-order chi connectivity index (χ1) is 14.5. The molecule has 3 fully saturated rings. The summed E-state index contributed by atoms with van der Waals surface area (Å²) in [7, 11) is 0. The lowest BCUT2D eigenvalue weighted by Gasteiger charge is -2.72. The number of benzene rings is 2. The molecule has 30 heavy (non-hydrogen) atoms. The molecule has 0 radical (unpaired) electrons. The van der Waals surface area contributed by atoms with Gasteiger partial charge in [-0.3, -0.25) is 4.39 Å². The Morgan fingerprint density at radius 2 is 1.63 bits per heavy atom. The summed E-state index contributed by atoms with van der Waals surface area (Å²) in [5.41, 5.74) is 3.98. The first-order valence-corrected chi connectivity index (χ1v) is 10.4. The lowest BCUT2D eigenvalue weighted by atomic mass is 9.32. The average molecular weight is 409 g/mol. The minimum absolute atomic E-state index is 0.0503. The van der Waals surface area contributed by atoms with Crippen LogP contribution in [0, 0.1) is 10.8 Å². The van der Waals surface area contributed by atoms with Crippen molar-refractivity contribution < 1.29 is 23.8 Å². The monoisotopic (exact) mass is 409 g/mol. The second-order valence-corrected chi connectivity index (χ2v) is 9.07. The van der Waals surface area contributed by atoms with Crippen molar-refractivity contribution in [2.75, 3.05) is 13.3 Å². The van der Waals surface area contributed by atoms with Crippen molar-refractivity contribution in [3.8, 4) is 11.1 Å². The van der Waals surface area contributed by atoms with Gasteiger partial charge in [-0.15, -0.1) is 0 Å². The van der Waals surface area contributed by atoms with Gasteiger partial charge in [0.15, 0.2) is 0 Å². The number of carboxylic acids is 1. The minimum Gasteiger partial charge on any atom is -0.480 e. The molecule has 0 heterocycles. The number of ether oxygens (including phenoxy) is 1. The van der Waals surface area contributed by atoms with Crippen molar-refractivity contribution in [1.29, 1.82) is 0 Å². The van der Waals surface area contributed by atoms with E-state index in [0.29, 0.717) is 25.7 Å². The van der Waals surface area contributed by atoms with E-state index < -0.39 is 23.5 Å². The molecular formula is C24H24FNO4. The number of nitrogens with one attached hydrogen (secondary N) is 1. The first-order valence-electron chi connectivity index (χ1n) is 10.4. The Labute approximate surface area is 174 Å². The van der Waals surface area contributed by atoms with E-state index in [-0.39, 0.29) is 24.6 Å². The quantitative estimate of drug-likeness (QED) is 0.706. The summed E-state index contributed by atoms with van der Waals surface area (Å²) in [6.07, 6.45) is 1.74. The molecule has 3 saturated carbocycles. The molecule has 6 heteroatoms. The summed E-state index contributed by atoms with van der Waals surface area (Å²) in [4.78, 5) is 24.3. The Morgan fingerprint density at radius 3 is 2.17 bits per heavy atom. The zero-order valence-electron chi connectivity index (χ0n) is 16.6. The summed E-state index contributed by atoms with van der Waals surface area (Å²) in [6, 6.07) is 15.1. The normalized spacial score (nSPS) is 26.6. The molecule has 156 valence electrons. The van der Waals surface area contributed by atoms with Crippen molar-refractivity contribution in [1.82, 2.24) is 5.32 Å². The maximum atomic E-state index is 12.7. The molecular weight excluding hydrogens is 385 g/mol. The van der Waals surface area contributed by atoms with Crippen LogP contribution in [0.25, 0.3) is 11.1 Å². The second-order valence-electron chi connectivity index (χ2n) is 9.07. The number of rotatable bonds is 7. The van der Waals surface area contributed by atoms with Crippen molar-refractivity contribution in [2.45, 2.75) is 37.6 Å². The van der Waals surface area contributed by atoms with Crippen LogP contribution < -0.4 is 5.32 Å². The fourth-order valence-electron chi connectivity index (χ4n) is 6.09. The molecule has 0 spiro atoms. The predicted octanol–water partition coefficient (Wildman–Crippen LogP) is 4.51. The Bertz CT molecular complexity index is 954. The number of amides is 1. The van der Waals surface area contributed by atoms with Gasteiger partial charge in [0.25, 0.3) is 0 Å². The van der Waals surface area contributed by atoms with E-state index in [4.69, 9.17) is 4.74 Å². The van der Waals surface area contributed by atoms with Gasteiger partial charge in [0.2, 0.25) is 0 Å². The Kier molecular flexibility index (Phi) is 4.34. The van der Waals surface area contributed by atoms with Gasteiger partial charge in [0, 0.05) is 11.3 Å². The topological polar surface area (TPSA) is 75.6 Å². The van der Waals surface area contributed by atoms with Crippen LogP contribution in [0.5, 0.6) is 0 Å². The highest BCUT2D eigenvalue weighted by atomic mass is 19.1. The van der Waals surface area contributed by atoms with Crippen molar-refractivity contribution in [2.24, 2.45) is 10.8 Å². The third-order valence-electron chi connectivity index (χ3n) is 7.27. The maximum absolute atomic E-state index is 12.7. The molecule has 2 bridgehead atoms. The van der Waals surface area contributed by atoms with E-state index in [1.54, 1.807) is 0 Å². The molecule has 4 aliphatic rings. The Balaban J connectivity index is 1.25. The predicted molar refractivity (Wildman–Crippen MR) is 109 cm³/mol. The molecule has 0 aromatic heterocycles. The van der Waals surface area contributed by atoms with E-state index in [9.17, 15) is 19.1 Å². The van der Waals surface area contributed by atoms with Crippen LogP contribution in [0.3, 0.4) is 0 Å². The number of carbonyl (C=O) groups is 2. The van der Waals surface area contributed by atoms with E-state index in [1.807, 2.05) is 36.4 Å². The van der Waals surface area contributed by atoms with Gasteiger partial charge in [0.1, 0.15) is 12.6 Å². The van der Waals surface area contributed by atoms with Crippen LogP contribution in [0.4, 0.5) is 9.18 Å². The maximum Gasteiger partial charge on any atom is 0.407 e. The highest BCUT2D eigenvalue weighted by Crippen LogP contribution is 2.76. The summed E-state index contributed by atoms with van der Waals surface area (Å²) in [5, 5.41) is 12.2. The SMILES string of the molecule is O=C(NC(C(=O)O)C12CC(CCF)(C1)C2)OCC1c2ccccc2-c2ccccc21. The van der Waals surface area contributed by atoms with Crippen LogP contribution in [-0.4, -0.2) is 36.5 Å². The number of aliphatic carboxylic acids is 1. The molecule has 5 nitrogen and oxygen atoms in total. The number of hydrogen-bond donors (Lipinski definition) is 2. The van der Waals surface area contributed by atoms with Gasteiger partial charge in [-0.2, -0.15) is 0 Å². The van der Waals surface area contributed by atoms with Crippen LogP contribution in [-0.2, 0) is 9.53 Å². The number of carboxylic acid groups (broad SMARTS) is 1. The fourth-order valence-corrected chi connectivity index (χ4v) is 6.09. The van der Waals surface area contributed by atoms with Crippen molar-refractivity contribution >= 4 is 12.1 Å². The van der Waals surface area contributed by atoms with Crippen LogP contribution in [0.2, 0.25) is 0 Å².